The predicted octanol–water partition coefficient (Wildman–Crippen LogP) is 5.71. The van der Waals surface area contributed by atoms with Gasteiger partial charge in [-0.3, -0.25) is 19.7 Å². The first kappa shape index (κ1) is 27.9. The van der Waals surface area contributed by atoms with E-state index in [1.807, 2.05) is 6.92 Å². The molecular formula is C26H20BrClFN5O5. The van der Waals surface area contributed by atoms with Crippen molar-refractivity contribution in [3.05, 3.63) is 102 Å². The summed E-state index contributed by atoms with van der Waals surface area (Å²) in [7, 11) is 0. The fourth-order valence-electron chi connectivity index (χ4n) is 3.68. The summed E-state index contributed by atoms with van der Waals surface area (Å²) in [5.41, 5.74) is -0.0466. The summed E-state index contributed by atoms with van der Waals surface area (Å²) in [6, 6.07) is 12.6. The molecule has 4 aromatic rings. The Hall–Kier alpha value is -4.16. The SMILES string of the molecule is CCCc1nc2ccc(Br)cc2c(=O)n1N=Cc1cc(Cl)cc([N+](=O)[O-])c1OCC(=O)Nc1ccc(F)cc1. The van der Waals surface area contributed by atoms with Gasteiger partial charge in [0.25, 0.3) is 11.5 Å². The van der Waals surface area contributed by atoms with Gasteiger partial charge in [0, 0.05) is 33.2 Å². The number of rotatable bonds is 9. The second-order valence-corrected chi connectivity index (χ2v) is 9.60. The highest BCUT2D eigenvalue weighted by atomic mass is 79.9. The fraction of sp³-hybridized carbons (Fsp3) is 0.154. The summed E-state index contributed by atoms with van der Waals surface area (Å²) >= 11 is 9.47. The predicted molar refractivity (Wildman–Crippen MR) is 149 cm³/mol. The van der Waals surface area contributed by atoms with Gasteiger partial charge in [0.2, 0.25) is 5.75 Å². The number of nitrogens with one attached hydrogen (secondary N) is 1. The third kappa shape index (κ3) is 6.65. The highest BCUT2D eigenvalue weighted by molar-refractivity contribution is 9.10. The van der Waals surface area contributed by atoms with Crippen LogP contribution in [0.2, 0.25) is 5.02 Å². The normalized spacial score (nSPS) is 11.2. The molecule has 0 aliphatic carbocycles. The Morgan fingerprint density at radius 3 is 2.69 bits per heavy atom. The van der Waals surface area contributed by atoms with Gasteiger partial charge in [-0.05, 0) is 55.0 Å². The molecule has 4 rings (SSSR count). The Bertz CT molecular complexity index is 1660. The number of hydrogen-bond donors (Lipinski definition) is 1. The van der Waals surface area contributed by atoms with Crippen LogP contribution < -0.4 is 15.6 Å². The summed E-state index contributed by atoms with van der Waals surface area (Å²) in [5.74, 6) is -0.991. The molecule has 13 heteroatoms. The Morgan fingerprint density at radius 1 is 1.26 bits per heavy atom. The first-order valence-electron chi connectivity index (χ1n) is 11.6. The van der Waals surface area contributed by atoms with Crippen LogP contribution in [0.25, 0.3) is 10.9 Å². The topological polar surface area (TPSA) is 129 Å². The van der Waals surface area contributed by atoms with E-state index in [9.17, 15) is 24.1 Å². The maximum absolute atomic E-state index is 13.3. The van der Waals surface area contributed by atoms with Crippen LogP contribution in [0.3, 0.4) is 0 Å². The smallest absolute Gasteiger partial charge is 0.313 e. The van der Waals surface area contributed by atoms with Crippen LogP contribution in [-0.4, -0.2) is 33.3 Å². The number of anilines is 1. The largest absolute Gasteiger partial charge is 0.476 e. The molecule has 0 unspecified atom stereocenters. The lowest BCUT2D eigenvalue weighted by molar-refractivity contribution is -0.385. The lowest BCUT2D eigenvalue weighted by atomic mass is 10.2. The van der Waals surface area contributed by atoms with Gasteiger partial charge >= 0.3 is 5.69 Å². The average molecular weight is 617 g/mol. The maximum Gasteiger partial charge on any atom is 0.313 e. The van der Waals surface area contributed by atoms with E-state index >= 15 is 0 Å². The molecule has 3 aromatic carbocycles. The van der Waals surface area contributed by atoms with Crippen molar-refractivity contribution in [2.24, 2.45) is 5.10 Å². The minimum Gasteiger partial charge on any atom is -0.476 e. The number of aryl methyl sites for hydroxylation is 1. The van der Waals surface area contributed by atoms with Gasteiger partial charge in [-0.2, -0.15) is 9.78 Å². The van der Waals surface area contributed by atoms with Crippen molar-refractivity contribution in [3.8, 4) is 5.75 Å². The third-order valence-electron chi connectivity index (χ3n) is 5.40. The van der Waals surface area contributed by atoms with Gasteiger partial charge in [-0.1, -0.05) is 34.5 Å². The van der Waals surface area contributed by atoms with Gasteiger partial charge in [-0.25, -0.2) is 9.37 Å². The van der Waals surface area contributed by atoms with Crippen LogP contribution in [0.4, 0.5) is 15.8 Å². The molecule has 0 saturated heterocycles. The molecular weight excluding hydrogens is 597 g/mol. The first-order chi connectivity index (χ1) is 18.7. The Morgan fingerprint density at radius 2 is 2.00 bits per heavy atom. The highest BCUT2D eigenvalue weighted by Gasteiger charge is 2.22. The summed E-state index contributed by atoms with van der Waals surface area (Å²) in [4.78, 5) is 41.3. The van der Waals surface area contributed by atoms with Crippen molar-refractivity contribution >= 4 is 61.9 Å². The fourth-order valence-corrected chi connectivity index (χ4v) is 4.26. The second-order valence-electron chi connectivity index (χ2n) is 8.25. The monoisotopic (exact) mass is 615 g/mol. The van der Waals surface area contributed by atoms with Crippen LogP contribution in [0.5, 0.6) is 5.75 Å². The minimum atomic E-state index is -0.708. The maximum atomic E-state index is 13.3. The Balaban J connectivity index is 1.71. The number of nitro groups is 1. The van der Waals surface area contributed by atoms with Crippen LogP contribution in [0, 0.1) is 15.9 Å². The van der Waals surface area contributed by atoms with E-state index in [4.69, 9.17) is 16.3 Å². The zero-order valence-corrected chi connectivity index (χ0v) is 22.7. The standard InChI is InChI=1S/C26H20BrClFN5O5/c1-2-3-23-32-21-9-4-16(27)11-20(21)26(36)33(23)30-13-15-10-17(28)12-22(34(37)38)25(15)39-14-24(35)31-19-7-5-18(29)6-8-19/h4-13H,2-3,14H2,1H3,(H,31,35). The number of nitro benzene ring substituents is 1. The van der Waals surface area contributed by atoms with Gasteiger partial charge in [0.15, 0.2) is 6.61 Å². The molecule has 0 atom stereocenters. The van der Waals surface area contributed by atoms with Crippen molar-refractivity contribution in [2.75, 3.05) is 11.9 Å². The van der Waals surface area contributed by atoms with Crippen LogP contribution >= 0.6 is 27.5 Å². The highest BCUT2D eigenvalue weighted by Crippen LogP contribution is 2.34. The van der Waals surface area contributed by atoms with Crippen molar-refractivity contribution < 1.29 is 18.8 Å². The second kappa shape index (κ2) is 12.1. The lowest BCUT2D eigenvalue weighted by Gasteiger charge is -2.12. The van der Waals surface area contributed by atoms with Gasteiger partial charge in [-0.15, -0.1) is 0 Å². The van der Waals surface area contributed by atoms with Gasteiger partial charge in [0.05, 0.1) is 22.0 Å². The number of carbonyl (C=O) groups is 1. The number of ether oxygens (including phenoxy) is 1. The first-order valence-corrected chi connectivity index (χ1v) is 12.7. The quantitative estimate of drug-likeness (QED) is 0.146. The number of fused-ring (bicyclic) bond motifs is 1. The number of aromatic nitrogens is 2. The summed E-state index contributed by atoms with van der Waals surface area (Å²) < 4.78 is 20.5. The summed E-state index contributed by atoms with van der Waals surface area (Å²) in [5, 5.41) is 18.9. The van der Waals surface area contributed by atoms with Crippen molar-refractivity contribution in [2.45, 2.75) is 19.8 Å². The number of hydrogen-bond acceptors (Lipinski definition) is 7. The summed E-state index contributed by atoms with van der Waals surface area (Å²) in [6.45, 7) is 1.32. The Labute approximate surface area is 234 Å². The zero-order chi connectivity index (χ0) is 28.1. The lowest BCUT2D eigenvalue weighted by Crippen LogP contribution is -2.23. The van der Waals surface area contributed by atoms with Crippen LogP contribution in [-0.2, 0) is 11.2 Å². The molecule has 0 aliphatic rings. The molecule has 0 spiro atoms. The van der Waals surface area contributed by atoms with E-state index in [0.717, 1.165) is 10.7 Å². The average Bonchev–Trinajstić information content (AvgIpc) is 2.89. The molecule has 10 nitrogen and oxygen atoms in total. The van der Waals surface area contributed by atoms with E-state index in [1.165, 1.54) is 36.5 Å². The van der Waals surface area contributed by atoms with Crippen molar-refractivity contribution in [1.82, 2.24) is 9.66 Å². The van der Waals surface area contributed by atoms with E-state index in [0.29, 0.717) is 39.7 Å². The zero-order valence-electron chi connectivity index (χ0n) is 20.4. The van der Waals surface area contributed by atoms with E-state index in [2.05, 4.69) is 31.3 Å². The number of carbonyl (C=O) groups excluding carboxylic acids is 1. The molecule has 0 fully saturated rings. The van der Waals surface area contributed by atoms with Gasteiger partial charge in [0.1, 0.15) is 11.6 Å². The van der Waals surface area contributed by atoms with Gasteiger partial charge < -0.3 is 10.1 Å². The molecule has 200 valence electrons. The molecule has 1 aromatic heterocycles. The number of nitrogens with zero attached hydrogens (tertiary/aromatic N) is 4. The van der Waals surface area contributed by atoms with E-state index < -0.39 is 34.5 Å². The van der Waals surface area contributed by atoms with Crippen molar-refractivity contribution in [3.63, 3.8) is 0 Å². The van der Waals surface area contributed by atoms with Crippen LogP contribution in [0.1, 0.15) is 24.7 Å². The number of benzene rings is 3. The molecule has 0 radical (unpaired) electrons. The van der Waals surface area contributed by atoms with Crippen molar-refractivity contribution in [1.29, 1.82) is 0 Å². The third-order valence-corrected chi connectivity index (χ3v) is 6.11. The van der Waals surface area contributed by atoms with Crippen LogP contribution in [0.15, 0.2) is 69.0 Å². The molecule has 39 heavy (non-hydrogen) atoms. The van der Waals surface area contributed by atoms with E-state index in [1.54, 1.807) is 18.2 Å². The summed E-state index contributed by atoms with van der Waals surface area (Å²) in [6.07, 6.45) is 2.32. The molecule has 1 N–H and O–H groups in total. The number of amides is 1. The molecule has 0 aliphatic heterocycles. The number of halogens is 3. The molecule has 1 heterocycles. The Kier molecular flexibility index (Phi) is 8.67. The molecule has 0 saturated carbocycles. The molecule has 0 bridgehead atoms. The minimum absolute atomic E-state index is 0.0213. The molecule has 1 amide bonds. The van der Waals surface area contributed by atoms with E-state index in [-0.39, 0.29) is 16.3 Å².